The molecule has 0 aliphatic rings. The van der Waals surface area contributed by atoms with Gasteiger partial charge in [0.15, 0.2) is 0 Å². The number of amides is 1. The molecule has 11 heteroatoms. The second kappa shape index (κ2) is 12.0. The molecule has 4 rings (SSSR count). The molecule has 6 nitrogen and oxygen atoms in total. The fourth-order valence-electron chi connectivity index (χ4n) is 4.65. The van der Waals surface area contributed by atoms with Crippen molar-refractivity contribution in [3.8, 4) is 0 Å². The molecule has 0 aliphatic heterocycles. The fourth-order valence-corrected chi connectivity index (χ4v) is 4.65. The number of nitrogens with one attached hydrogen (secondary N) is 1. The van der Waals surface area contributed by atoms with Crippen LogP contribution >= 0.6 is 0 Å². The van der Waals surface area contributed by atoms with Crippen LogP contribution in [0.1, 0.15) is 38.2 Å². The summed E-state index contributed by atoms with van der Waals surface area (Å²) < 4.78 is 67.1. The first-order chi connectivity index (χ1) is 19.3. The van der Waals surface area contributed by atoms with E-state index in [9.17, 15) is 36.6 Å². The number of pyridine rings is 1. The minimum atomic E-state index is -5.03. The van der Waals surface area contributed by atoms with Crippen molar-refractivity contribution in [3.63, 3.8) is 0 Å². The third-order valence-corrected chi connectivity index (χ3v) is 6.43. The number of carboxylic acid groups (broad SMARTS) is 1. The first-order valence-corrected chi connectivity index (χ1v) is 12.5. The molecular weight excluding hydrogens is 545 g/mol. The standard InChI is InChI=1S/C30H26F5N3O3/c1-38(2)16-19-10-20-6-7-36-15-23(20)21(11-19)9-17-4-3-5-18(8-17)12-26(29(40)41)37-28(39)27-24(31)13-22(14-25(27)32)30(33,34)35/h3-8,10-11,13-15,26H,9,12,16H2,1-2H3,(H,37,39)(H,40,41). The molecule has 1 amide bonds. The number of aliphatic carboxylic acids is 1. The van der Waals surface area contributed by atoms with Gasteiger partial charge in [-0.2, -0.15) is 13.2 Å². The molecule has 41 heavy (non-hydrogen) atoms. The van der Waals surface area contributed by atoms with Gasteiger partial charge in [0.2, 0.25) is 0 Å². The van der Waals surface area contributed by atoms with Crippen molar-refractivity contribution in [1.82, 2.24) is 15.2 Å². The van der Waals surface area contributed by atoms with Crippen molar-refractivity contribution in [2.24, 2.45) is 0 Å². The number of carboxylic acids is 1. The zero-order valence-electron chi connectivity index (χ0n) is 22.1. The van der Waals surface area contributed by atoms with Crippen molar-refractivity contribution in [2.45, 2.75) is 31.6 Å². The lowest BCUT2D eigenvalue weighted by atomic mass is 9.95. The lowest BCUT2D eigenvalue weighted by Gasteiger charge is -2.17. The van der Waals surface area contributed by atoms with Crippen LogP contribution in [0.25, 0.3) is 10.8 Å². The average molecular weight is 572 g/mol. The molecule has 3 aromatic carbocycles. The maximum atomic E-state index is 14.3. The Balaban J connectivity index is 1.56. The number of halogens is 5. The maximum Gasteiger partial charge on any atom is 0.416 e. The number of nitrogens with zero attached hydrogens (tertiary/aromatic N) is 2. The monoisotopic (exact) mass is 571 g/mol. The van der Waals surface area contributed by atoms with Gasteiger partial charge < -0.3 is 15.3 Å². The predicted molar refractivity (Wildman–Crippen MR) is 142 cm³/mol. The molecule has 0 saturated heterocycles. The number of benzene rings is 3. The highest BCUT2D eigenvalue weighted by molar-refractivity contribution is 5.97. The Hall–Kier alpha value is -4.38. The van der Waals surface area contributed by atoms with Crippen molar-refractivity contribution in [1.29, 1.82) is 0 Å². The number of hydrogen-bond acceptors (Lipinski definition) is 4. The van der Waals surface area contributed by atoms with Gasteiger partial charge in [-0.25, -0.2) is 13.6 Å². The van der Waals surface area contributed by atoms with Crippen molar-refractivity contribution in [2.75, 3.05) is 14.1 Å². The fraction of sp³-hybridized carbons (Fsp3) is 0.233. The van der Waals surface area contributed by atoms with E-state index in [0.29, 0.717) is 12.0 Å². The van der Waals surface area contributed by atoms with Crippen LogP contribution in [0.5, 0.6) is 0 Å². The van der Waals surface area contributed by atoms with Crippen LogP contribution in [0.4, 0.5) is 22.0 Å². The molecule has 4 aromatic rings. The molecule has 214 valence electrons. The number of alkyl halides is 3. The summed E-state index contributed by atoms with van der Waals surface area (Å²) in [5.74, 6) is -6.46. The average Bonchev–Trinajstić information content (AvgIpc) is 2.87. The largest absolute Gasteiger partial charge is 0.480 e. The lowest BCUT2D eigenvalue weighted by Crippen LogP contribution is -2.43. The highest BCUT2D eigenvalue weighted by atomic mass is 19.4. The second-order valence-electron chi connectivity index (χ2n) is 9.97. The SMILES string of the molecule is CN(C)Cc1cc(Cc2cccc(CC(NC(=O)c3c(F)cc(C(F)(F)F)cc3F)C(=O)O)c2)c2cnccc2c1. The summed E-state index contributed by atoms with van der Waals surface area (Å²) in [7, 11) is 3.94. The van der Waals surface area contributed by atoms with Crippen molar-refractivity contribution >= 4 is 22.6 Å². The Bertz CT molecular complexity index is 1580. The van der Waals surface area contributed by atoms with Crippen LogP contribution in [0.3, 0.4) is 0 Å². The van der Waals surface area contributed by atoms with E-state index in [-0.39, 0.29) is 18.6 Å². The number of carbonyl (C=O) groups is 2. The molecule has 1 atom stereocenters. The lowest BCUT2D eigenvalue weighted by molar-refractivity contribution is -0.139. The van der Waals surface area contributed by atoms with Gasteiger partial charge in [0.05, 0.1) is 5.56 Å². The first kappa shape index (κ1) is 29.6. The summed E-state index contributed by atoms with van der Waals surface area (Å²) in [6.07, 6.45) is -1.26. The summed E-state index contributed by atoms with van der Waals surface area (Å²) in [5.41, 5.74) is 0.597. The van der Waals surface area contributed by atoms with E-state index < -0.39 is 46.9 Å². The molecule has 0 radical (unpaired) electrons. The smallest absolute Gasteiger partial charge is 0.416 e. The third kappa shape index (κ3) is 7.23. The zero-order valence-corrected chi connectivity index (χ0v) is 22.1. The quantitative estimate of drug-likeness (QED) is 0.255. The van der Waals surface area contributed by atoms with E-state index in [1.807, 2.05) is 31.5 Å². The van der Waals surface area contributed by atoms with Gasteiger partial charge in [-0.3, -0.25) is 9.78 Å². The Kier molecular flexibility index (Phi) is 8.67. The highest BCUT2D eigenvalue weighted by Gasteiger charge is 2.34. The van der Waals surface area contributed by atoms with Gasteiger partial charge in [-0.1, -0.05) is 30.3 Å². The van der Waals surface area contributed by atoms with Gasteiger partial charge in [0, 0.05) is 30.7 Å². The van der Waals surface area contributed by atoms with Crippen molar-refractivity contribution in [3.05, 3.63) is 112 Å². The van der Waals surface area contributed by atoms with Crippen LogP contribution in [-0.4, -0.2) is 47.0 Å². The number of carbonyl (C=O) groups excluding carboxylic acids is 1. The molecule has 0 aliphatic carbocycles. The van der Waals surface area contributed by atoms with E-state index >= 15 is 0 Å². The Labute approximate surface area is 232 Å². The van der Waals surface area contributed by atoms with Gasteiger partial charge in [-0.05, 0) is 72.4 Å². The van der Waals surface area contributed by atoms with E-state index in [0.717, 1.165) is 34.0 Å². The minimum Gasteiger partial charge on any atom is -0.480 e. The van der Waals surface area contributed by atoms with E-state index in [1.165, 1.54) is 0 Å². The number of hydrogen-bond donors (Lipinski definition) is 2. The third-order valence-electron chi connectivity index (χ3n) is 6.43. The molecule has 1 aromatic heterocycles. The molecule has 0 saturated carbocycles. The molecule has 0 fully saturated rings. The van der Waals surface area contributed by atoms with E-state index in [4.69, 9.17) is 0 Å². The number of aromatic nitrogens is 1. The normalized spacial score (nSPS) is 12.5. The van der Waals surface area contributed by atoms with Gasteiger partial charge >= 0.3 is 12.1 Å². The Morgan fingerprint density at radius 3 is 2.29 bits per heavy atom. The molecular formula is C30H26F5N3O3. The maximum absolute atomic E-state index is 14.3. The second-order valence-corrected chi connectivity index (χ2v) is 9.97. The van der Waals surface area contributed by atoms with Gasteiger partial charge in [-0.15, -0.1) is 0 Å². The zero-order chi connectivity index (χ0) is 29.9. The Morgan fingerprint density at radius 1 is 0.976 bits per heavy atom. The van der Waals surface area contributed by atoms with E-state index in [2.05, 4.69) is 22.0 Å². The number of fused-ring (bicyclic) bond motifs is 1. The summed E-state index contributed by atoms with van der Waals surface area (Å²) in [6.45, 7) is 0.728. The molecule has 1 heterocycles. The van der Waals surface area contributed by atoms with Crippen LogP contribution in [0.15, 0.2) is 67.0 Å². The summed E-state index contributed by atoms with van der Waals surface area (Å²) >= 11 is 0. The van der Waals surface area contributed by atoms with Crippen LogP contribution in [0, 0.1) is 11.6 Å². The summed E-state index contributed by atoms with van der Waals surface area (Å²) in [4.78, 5) is 30.8. The predicted octanol–water partition coefficient (Wildman–Crippen LogP) is 5.61. The van der Waals surface area contributed by atoms with Crippen LogP contribution < -0.4 is 5.32 Å². The minimum absolute atomic E-state index is 0.00992. The van der Waals surface area contributed by atoms with Crippen LogP contribution in [-0.2, 0) is 30.4 Å². The van der Waals surface area contributed by atoms with Gasteiger partial charge in [0.1, 0.15) is 23.2 Å². The molecule has 1 unspecified atom stereocenters. The van der Waals surface area contributed by atoms with E-state index in [1.54, 1.807) is 30.6 Å². The topological polar surface area (TPSA) is 82.5 Å². The van der Waals surface area contributed by atoms with Gasteiger partial charge in [0.25, 0.3) is 5.91 Å². The summed E-state index contributed by atoms with van der Waals surface area (Å²) in [5, 5.41) is 13.7. The van der Waals surface area contributed by atoms with Crippen molar-refractivity contribution < 1.29 is 36.6 Å². The molecule has 0 spiro atoms. The first-order valence-electron chi connectivity index (χ1n) is 12.5. The van der Waals surface area contributed by atoms with Crippen LogP contribution in [0.2, 0.25) is 0 Å². The molecule has 0 bridgehead atoms. The summed E-state index contributed by atoms with van der Waals surface area (Å²) in [6, 6.07) is 11.5. The number of rotatable bonds is 9. The Morgan fingerprint density at radius 2 is 1.66 bits per heavy atom. The highest BCUT2D eigenvalue weighted by Crippen LogP contribution is 2.31. The molecule has 2 N–H and O–H groups in total.